The fourth-order valence-corrected chi connectivity index (χ4v) is 11.1. The van der Waals surface area contributed by atoms with Gasteiger partial charge in [0.25, 0.3) is 0 Å². The Morgan fingerprint density at radius 2 is 0.456 bits per heavy atom. The molecule has 466 valence electrons. The average molecular weight is 1110 g/mol. The lowest BCUT2D eigenvalue weighted by molar-refractivity contribution is -0.167. The second kappa shape index (κ2) is 68.4. The summed E-state index contributed by atoms with van der Waals surface area (Å²) in [7, 11) is 0. The van der Waals surface area contributed by atoms with Crippen LogP contribution in [-0.4, -0.2) is 37.2 Å². The van der Waals surface area contributed by atoms with E-state index in [1.165, 1.54) is 302 Å². The third-order valence-electron chi connectivity index (χ3n) is 16.5. The van der Waals surface area contributed by atoms with Crippen LogP contribution in [0.15, 0.2) is 24.3 Å². The van der Waals surface area contributed by atoms with E-state index in [1.807, 2.05) is 0 Å². The molecule has 0 aliphatic rings. The standard InChI is InChI=1S/C73H138O6/c1-4-7-10-13-16-19-22-25-27-29-31-33-35-36-37-39-40-42-44-46-48-51-54-57-60-63-66-72(75)78-69-70(68-77-71(74)65-62-59-56-53-50-24-21-18-15-12-9-6-3)79-73(76)67-64-61-58-55-52-49-47-45-43-41-38-34-32-30-28-26-23-20-17-14-11-8-5-2/h23,26,30,32,70H,4-22,24-25,27-29,31,33-69H2,1-3H3/b26-23-,32-30-. The minimum absolute atomic E-state index is 0.0653. The average Bonchev–Trinajstić information content (AvgIpc) is 3.45. The summed E-state index contributed by atoms with van der Waals surface area (Å²) in [6, 6.07) is 0. The zero-order valence-electron chi connectivity index (χ0n) is 53.7. The predicted octanol–water partition coefficient (Wildman–Crippen LogP) is 24.6. The van der Waals surface area contributed by atoms with Crippen LogP contribution in [0.1, 0.15) is 406 Å². The Kier molecular flexibility index (Phi) is 66.6. The molecule has 0 heterocycles. The van der Waals surface area contributed by atoms with Gasteiger partial charge in [-0.25, -0.2) is 0 Å². The molecular formula is C73H138O6. The van der Waals surface area contributed by atoms with Gasteiger partial charge in [-0.3, -0.25) is 14.4 Å². The smallest absolute Gasteiger partial charge is 0.306 e. The summed E-state index contributed by atoms with van der Waals surface area (Å²) in [6.07, 6.45) is 83.6. The molecule has 0 fully saturated rings. The molecule has 0 amide bonds. The van der Waals surface area contributed by atoms with Gasteiger partial charge in [-0.2, -0.15) is 0 Å². The predicted molar refractivity (Wildman–Crippen MR) is 344 cm³/mol. The Bertz CT molecular complexity index is 1270. The molecule has 0 N–H and O–H groups in total. The first-order valence-electron chi connectivity index (χ1n) is 35.8. The number of hydrogen-bond donors (Lipinski definition) is 0. The topological polar surface area (TPSA) is 78.9 Å². The summed E-state index contributed by atoms with van der Waals surface area (Å²) < 4.78 is 17.0. The van der Waals surface area contributed by atoms with E-state index in [1.54, 1.807) is 0 Å². The Morgan fingerprint density at radius 1 is 0.253 bits per heavy atom. The van der Waals surface area contributed by atoms with Crippen molar-refractivity contribution in [1.29, 1.82) is 0 Å². The van der Waals surface area contributed by atoms with Gasteiger partial charge in [0.05, 0.1) is 0 Å². The minimum Gasteiger partial charge on any atom is -0.462 e. The van der Waals surface area contributed by atoms with E-state index in [-0.39, 0.29) is 31.1 Å². The third-order valence-corrected chi connectivity index (χ3v) is 16.5. The van der Waals surface area contributed by atoms with E-state index in [2.05, 4.69) is 45.1 Å². The molecule has 0 saturated heterocycles. The second-order valence-electron chi connectivity index (χ2n) is 24.5. The van der Waals surface area contributed by atoms with Crippen LogP contribution in [0, 0.1) is 0 Å². The first kappa shape index (κ1) is 76.9. The van der Waals surface area contributed by atoms with Gasteiger partial charge in [-0.15, -0.1) is 0 Å². The van der Waals surface area contributed by atoms with E-state index in [0.717, 1.165) is 64.2 Å². The third kappa shape index (κ3) is 66.6. The number of rotatable bonds is 67. The number of carbonyl (C=O) groups excluding carboxylic acids is 3. The molecule has 0 aromatic heterocycles. The maximum atomic E-state index is 12.9. The molecule has 79 heavy (non-hydrogen) atoms. The van der Waals surface area contributed by atoms with E-state index in [0.29, 0.717) is 19.3 Å². The van der Waals surface area contributed by atoms with Gasteiger partial charge in [0.1, 0.15) is 13.2 Å². The van der Waals surface area contributed by atoms with E-state index in [4.69, 9.17) is 14.2 Å². The molecule has 1 atom stereocenters. The number of carbonyl (C=O) groups is 3. The number of hydrogen-bond acceptors (Lipinski definition) is 6. The van der Waals surface area contributed by atoms with Gasteiger partial charge >= 0.3 is 17.9 Å². The quantitative estimate of drug-likeness (QED) is 0.0261. The lowest BCUT2D eigenvalue weighted by Gasteiger charge is -2.18. The van der Waals surface area contributed by atoms with Gasteiger partial charge in [0.15, 0.2) is 6.10 Å². The Morgan fingerprint density at radius 3 is 0.696 bits per heavy atom. The van der Waals surface area contributed by atoms with Crippen molar-refractivity contribution >= 4 is 17.9 Å². The molecule has 0 rings (SSSR count). The Labute approximate surface area is 493 Å². The zero-order valence-corrected chi connectivity index (χ0v) is 53.7. The zero-order chi connectivity index (χ0) is 57.1. The largest absolute Gasteiger partial charge is 0.462 e. The van der Waals surface area contributed by atoms with Crippen LogP contribution in [0.25, 0.3) is 0 Å². The SMILES string of the molecule is CCCCCCC/C=C\C/C=C\CCCCCCCCCCCCCC(=O)OC(COC(=O)CCCCCCCCCCCCCC)COC(=O)CCCCCCCCCCCCCCCCCCCCCCCCCCCC. The molecular weight excluding hydrogens is 973 g/mol. The Balaban J connectivity index is 4.19. The summed E-state index contributed by atoms with van der Waals surface area (Å²) in [4.78, 5) is 38.4. The maximum Gasteiger partial charge on any atom is 0.306 e. The van der Waals surface area contributed by atoms with Crippen molar-refractivity contribution in [1.82, 2.24) is 0 Å². The fraction of sp³-hybridized carbons (Fsp3) is 0.904. The highest BCUT2D eigenvalue weighted by molar-refractivity contribution is 5.71. The number of esters is 3. The summed E-state index contributed by atoms with van der Waals surface area (Å²) in [5.41, 5.74) is 0. The molecule has 0 aromatic carbocycles. The van der Waals surface area contributed by atoms with Crippen molar-refractivity contribution in [3.8, 4) is 0 Å². The van der Waals surface area contributed by atoms with Crippen molar-refractivity contribution in [3.63, 3.8) is 0 Å². The van der Waals surface area contributed by atoms with E-state index >= 15 is 0 Å². The number of allylic oxidation sites excluding steroid dienone is 4. The minimum atomic E-state index is -0.769. The monoisotopic (exact) mass is 1110 g/mol. The van der Waals surface area contributed by atoms with Gasteiger partial charge in [-0.1, -0.05) is 360 Å². The van der Waals surface area contributed by atoms with Gasteiger partial charge in [0.2, 0.25) is 0 Å². The fourth-order valence-electron chi connectivity index (χ4n) is 11.1. The molecule has 1 unspecified atom stereocenters. The Hall–Kier alpha value is -2.11. The molecule has 0 aliphatic heterocycles. The maximum absolute atomic E-state index is 12.9. The van der Waals surface area contributed by atoms with Crippen molar-refractivity contribution in [3.05, 3.63) is 24.3 Å². The van der Waals surface area contributed by atoms with E-state index in [9.17, 15) is 14.4 Å². The first-order chi connectivity index (χ1) is 39.0. The van der Waals surface area contributed by atoms with Crippen molar-refractivity contribution in [2.75, 3.05) is 13.2 Å². The summed E-state index contributed by atoms with van der Waals surface area (Å²) >= 11 is 0. The molecule has 0 spiro atoms. The number of ether oxygens (including phenoxy) is 3. The highest BCUT2D eigenvalue weighted by Gasteiger charge is 2.19. The summed E-state index contributed by atoms with van der Waals surface area (Å²) in [6.45, 7) is 6.71. The van der Waals surface area contributed by atoms with Crippen molar-refractivity contribution in [2.24, 2.45) is 0 Å². The van der Waals surface area contributed by atoms with Gasteiger partial charge in [0, 0.05) is 19.3 Å². The van der Waals surface area contributed by atoms with Gasteiger partial charge in [-0.05, 0) is 51.4 Å². The lowest BCUT2D eigenvalue weighted by atomic mass is 10.0. The number of unbranched alkanes of at least 4 members (excludes halogenated alkanes) is 52. The van der Waals surface area contributed by atoms with E-state index < -0.39 is 6.10 Å². The highest BCUT2D eigenvalue weighted by Crippen LogP contribution is 2.19. The highest BCUT2D eigenvalue weighted by atomic mass is 16.6. The molecule has 6 nitrogen and oxygen atoms in total. The van der Waals surface area contributed by atoms with Crippen LogP contribution in [0.2, 0.25) is 0 Å². The van der Waals surface area contributed by atoms with Crippen LogP contribution in [0.5, 0.6) is 0 Å². The second-order valence-corrected chi connectivity index (χ2v) is 24.5. The summed E-state index contributed by atoms with van der Waals surface area (Å²) in [5.74, 6) is -0.835. The van der Waals surface area contributed by atoms with Crippen molar-refractivity contribution < 1.29 is 28.6 Å². The van der Waals surface area contributed by atoms with Crippen LogP contribution < -0.4 is 0 Å². The normalized spacial score (nSPS) is 12.1. The van der Waals surface area contributed by atoms with Crippen LogP contribution in [-0.2, 0) is 28.6 Å². The van der Waals surface area contributed by atoms with Crippen LogP contribution >= 0.6 is 0 Å². The molecule has 0 saturated carbocycles. The summed E-state index contributed by atoms with van der Waals surface area (Å²) in [5, 5.41) is 0. The molecule has 0 aliphatic carbocycles. The molecule has 6 heteroatoms. The molecule has 0 radical (unpaired) electrons. The first-order valence-corrected chi connectivity index (χ1v) is 35.8. The van der Waals surface area contributed by atoms with Crippen molar-refractivity contribution in [2.45, 2.75) is 412 Å². The molecule has 0 aromatic rings. The van der Waals surface area contributed by atoms with Gasteiger partial charge < -0.3 is 14.2 Å². The van der Waals surface area contributed by atoms with Crippen LogP contribution in [0.3, 0.4) is 0 Å². The molecule has 0 bridgehead atoms. The van der Waals surface area contributed by atoms with Crippen LogP contribution in [0.4, 0.5) is 0 Å². The lowest BCUT2D eigenvalue weighted by Crippen LogP contribution is -2.30.